The van der Waals surface area contributed by atoms with Crippen LogP contribution in [0.5, 0.6) is 0 Å². The third kappa shape index (κ3) is 4.72. The van der Waals surface area contributed by atoms with Crippen molar-refractivity contribution in [3.8, 4) is 0 Å². The number of esters is 1. The van der Waals surface area contributed by atoms with Gasteiger partial charge in [0.05, 0.1) is 7.11 Å². The molecule has 2 rings (SSSR count). The van der Waals surface area contributed by atoms with Gasteiger partial charge in [0, 0.05) is 17.7 Å². The third-order valence-corrected chi connectivity index (χ3v) is 3.27. The molecule has 0 unspecified atom stereocenters. The monoisotopic (exact) mass is 301 g/mol. The predicted octanol–water partition coefficient (Wildman–Crippen LogP) is 3.54. The molecule has 4 heteroatoms. The fraction of sp³-hybridized carbons (Fsp3) is 0.176. The van der Waals surface area contributed by atoms with Crippen LogP contribution < -0.4 is 0 Å². The van der Waals surface area contributed by atoms with E-state index in [9.17, 15) is 4.79 Å². The standard InChI is InChI=1S/C17H16ClNO2/c1-21-17(20)16(11-13-5-3-2-4-6-13)19-12-14-7-9-15(18)10-8-14/h2-10,12,16H,11H2,1H3/t16-/m0/s1. The van der Waals surface area contributed by atoms with Gasteiger partial charge in [-0.1, -0.05) is 54.1 Å². The number of benzene rings is 2. The minimum Gasteiger partial charge on any atom is -0.467 e. The second kappa shape index (κ2) is 7.60. The van der Waals surface area contributed by atoms with Crippen molar-refractivity contribution in [2.75, 3.05) is 7.11 Å². The maximum absolute atomic E-state index is 11.8. The smallest absolute Gasteiger partial charge is 0.330 e. The summed E-state index contributed by atoms with van der Waals surface area (Å²) in [5.74, 6) is -0.343. The van der Waals surface area contributed by atoms with Gasteiger partial charge in [-0.25, -0.2) is 4.79 Å². The van der Waals surface area contributed by atoms with Crippen LogP contribution in [0.15, 0.2) is 59.6 Å². The first-order chi connectivity index (χ1) is 10.2. The lowest BCUT2D eigenvalue weighted by atomic mass is 10.1. The Morgan fingerprint density at radius 1 is 1.19 bits per heavy atom. The summed E-state index contributed by atoms with van der Waals surface area (Å²) in [4.78, 5) is 16.2. The molecule has 0 aliphatic rings. The summed E-state index contributed by atoms with van der Waals surface area (Å²) in [5, 5.41) is 0.668. The normalized spacial score (nSPS) is 12.3. The Bertz CT molecular complexity index is 608. The number of nitrogens with zero attached hydrogens (tertiary/aromatic N) is 1. The number of halogens is 1. The van der Waals surface area contributed by atoms with Gasteiger partial charge < -0.3 is 4.74 Å². The molecule has 0 N–H and O–H groups in total. The zero-order valence-corrected chi connectivity index (χ0v) is 12.5. The van der Waals surface area contributed by atoms with Crippen molar-refractivity contribution in [3.63, 3.8) is 0 Å². The number of rotatable bonds is 5. The summed E-state index contributed by atoms with van der Waals surface area (Å²) in [6, 6.07) is 16.5. The fourth-order valence-corrected chi connectivity index (χ4v) is 2.02. The van der Waals surface area contributed by atoms with Crippen molar-refractivity contribution in [2.24, 2.45) is 4.99 Å². The first-order valence-corrected chi connectivity index (χ1v) is 6.97. The molecular formula is C17H16ClNO2. The number of carbonyl (C=O) groups is 1. The van der Waals surface area contributed by atoms with E-state index in [-0.39, 0.29) is 5.97 Å². The van der Waals surface area contributed by atoms with Crippen LogP contribution in [-0.2, 0) is 16.0 Å². The van der Waals surface area contributed by atoms with E-state index in [2.05, 4.69) is 4.99 Å². The molecule has 0 saturated carbocycles. The number of hydrogen-bond donors (Lipinski definition) is 0. The fourth-order valence-electron chi connectivity index (χ4n) is 1.90. The molecule has 0 aliphatic heterocycles. The molecule has 0 spiro atoms. The molecule has 108 valence electrons. The molecule has 0 fully saturated rings. The van der Waals surface area contributed by atoms with Crippen molar-refractivity contribution in [3.05, 3.63) is 70.7 Å². The molecule has 1 atom stereocenters. The highest BCUT2D eigenvalue weighted by Crippen LogP contribution is 2.10. The number of methoxy groups -OCH3 is 1. The van der Waals surface area contributed by atoms with Crippen molar-refractivity contribution in [1.82, 2.24) is 0 Å². The van der Waals surface area contributed by atoms with Gasteiger partial charge in [-0.15, -0.1) is 0 Å². The van der Waals surface area contributed by atoms with E-state index in [1.807, 2.05) is 42.5 Å². The summed E-state index contributed by atoms with van der Waals surface area (Å²) in [6.07, 6.45) is 2.18. The van der Waals surface area contributed by atoms with E-state index in [4.69, 9.17) is 16.3 Å². The van der Waals surface area contributed by atoms with Gasteiger partial charge in [-0.3, -0.25) is 4.99 Å². The van der Waals surface area contributed by atoms with Gasteiger partial charge in [-0.05, 0) is 23.3 Å². The summed E-state index contributed by atoms with van der Waals surface area (Å²) >= 11 is 5.84. The van der Waals surface area contributed by atoms with E-state index in [0.29, 0.717) is 11.4 Å². The van der Waals surface area contributed by atoms with Crippen LogP contribution in [-0.4, -0.2) is 25.3 Å². The van der Waals surface area contributed by atoms with E-state index >= 15 is 0 Å². The Morgan fingerprint density at radius 2 is 1.86 bits per heavy atom. The Kier molecular flexibility index (Phi) is 5.52. The summed E-state index contributed by atoms with van der Waals surface area (Å²) in [6.45, 7) is 0. The lowest BCUT2D eigenvalue weighted by molar-refractivity contribution is -0.142. The van der Waals surface area contributed by atoms with Crippen LogP contribution in [0, 0.1) is 0 Å². The van der Waals surface area contributed by atoms with Crippen molar-refractivity contribution in [1.29, 1.82) is 0 Å². The third-order valence-electron chi connectivity index (χ3n) is 3.02. The SMILES string of the molecule is COC(=O)[C@H](Cc1ccccc1)N=Cc1ccc(Cl)cc1. The molecule has 0 amide bonds. The van der Waals surface area contributed by atoms with E-state index in [0.717, 1.165) is 11.1 Å². The number of ether oxygens (including phenoxy) is 1. The number of aliphatic imine (C=N–C) groups is 1. The predicted molar refractivity (Wildman–Crippen MR) is 85.0 cm³/mol. The molecule has 21 heavy (non-hydrogen) atoms. The lowest BCUT2D eigenvalue weighted by Gasteiger charge is -2.10. The Hall–Kier alpha value is -2.13. The number of carbonyl (C=O) groups excluding carboxylic acids is 1. The summed E-state index contributed by atoms with van der Waals surface area (Å²) < 4.78 is 4.82. The van der Waals surface area contributed by atoms with Gasteiger partial charge in [0.1, 0.15) is 0 Å². The highest BCUT2D eigenvalue weighted by atomic mass is 35.5. The highest BCUT2D eigenvalue weighted by Gasteiger charge is 2.17. The molecule has 2 aromatic carbocycles. The first-order valence-electron chi connectivity index (χ1n) is 6.59. The van der Waals surface area contributed by atoms with Crippen LogP contribution in [0.4, 0.5) is 0 Å². The van der Waals surface area contributed by atoms with Crippen LogP contribution in [0.25, 0.3) is 0 Å². The second-order valence-electron chi connectivity index (χ2n) is 4.56. The van der Waals surface area contributed by atoms with Gasteiger partial charge in [-0.2, -0.15) is 0 Å². The van der Waals surface area contributed by atoms with Crippen LogP contribution in [0.2, 0.25) is 5.02 Å². The first kappa shape index (κ1) is 15.3. The zero-order valence-electron chi connectivity index (χ0n) is 11.7. The van der Waals surface area contributed by atoms with Gasteiger partial charge >= 0.3 is 5.97 Å². The van der Waals surface area contributed by atoms with E-state index in [1.54, 1.807) is 18.3 Å². The van der Waals surface area contributed by atoms with E-state index in [1.165, 1.54) is 7.11 Å². The van der Waals surface area contributed by atoms with Crippen LogP contribution in [0.3, 0.4) is 0 Å². The molecule has 0 heterocycles. The Labute approximate surface area is 129 Å². The highest BCUT2D eigenvalue weighted by molar-refractivity contribution is 6.30. The molecule has 2 aromatic rings. The molecule has 0 aliphatic carbocycles. The molecule has 3 nitrogen and oxygen atoms in total. The van der Waals surface area contributed by atoms with Crippen molar-refractivity contribution in [2.45, 2.75) is 12.5 Å². The maximum atomic E-state index is 11.8. The van der Waals surface area contributed by atoms with Crippen molar-refractivity contribution < 1.29 is 9.53 Å². The maximum Gasteiger partial charge on any atom is 0.330 e. The van der Waals surface area contributed by atoms with Gasteiger partial charge in [0.15, 0.2) is 6.04 Å². The molecular weight excluding hydrogens is 286 g/mol. The summed E-state index contributed by atoms with van der Waals surface area (Å²) in [7, 11) is 1.37. The van der Waals surface area contributed by atoms with E-state index < -0.39 is 6.04 Å². The van der Waals surface area contributed by atoms with Crippen LogP contribution in [0.1, 0.15) is 11.1 Å². The minimum absolute atomic E-state index is 0.343. The van der Waals surface area contributed by atoms with Gasteiger partial charge in [0.25, 0.3) is 0 Å². The van der Waals surface area contributed by atoms with Crippen LogP contribution >= 0.6 is 11.6 Å². The second-order valence-corrected chi connectivity index (χ2v) is 4.99. The molecule has 0 bridgehead atoms. The molecule has 0 radical (unpaired) electrons. The number of hydrogen-bond acceptors (Lipinski definition) is 3. The Morgan fingerprint density at radius 3 is 2.48 bits per heavy atom. The molecule has 0 saturated heterocycles. The minimum atomic E-state index is -0.548. The molecule has 0 aromatic heterocycles. The average Bonchev–Trinajstić information content (AvgIpc) is 2.53. The largest absolute Gasteiger partial charge is 0.467 e. The Balaban J connectivity index is 2.13. The topological polar surface area (TPSA) is 38.7 Å². The lowest BCUT2D eigenvalue weighted by Crippen LogP contribution is -2.23. The average molecular weight is 302 g/mol. The summed E-state index contributed by atoms with van der Waals surface area (Å²) in [5.41, 5.74) is 1.93. The zero-order chi connectivity index (χ0) is 15.1. The van der Waals surface area contributed by atoms with Gasteiger partial charge in [0.2, 0.25) is 0 Å². The van der Waals surface area contributed by atoms with Crippen molar-refractivity contribution >= 4 is 23.8 Å². The quantitative estimate of drug-likeness (QED) is 0.626.